The monoisotopic (exact) mass is 206 g/mol. The largest absolute Gasteiger partial charge is 0.381 e. The van der Waals surface area contributed by atoms with Crippen LogP contribution in [-0.2, 0) is 11.2 Å². The van der Waals surface area contributed by atoms with Gasteiger partial charge in [-0.25, -0.2) is 0 Å². The number of ether oxygens (including phenoxy) is 1. The number of hydrogen-bond donors (Lipinski definition) is 2. The smallest absolute Gasteiger partial charge is 0.0510 e. The van der Waals surface area contributed by atoms with E-state index in [2.05, 4.69) is 29.7 Å². The Morgan fingerprint density at radius 1 is 1.40 bits per heavy atom. The van der Waals surface area contributed by atoms with Crippen molar-refractivity contribution in [3.63, 3.8) is 0 Å². The molecule has 3 N–H and O–H groups in total. The summed E-state index contributed by atoms with van der Waals surface area (Å²) >= 11 is 0. The van der Waals surface area contributed by atoms with Crippen LogP contribution in [0.5, 0.6) is 0 Å². The van der Waals surface area contributed by atoms with Crippen LogP contribution in [0.3, 0.4) is 0 Å². The third kappa shape index (κ3) is 2.78. The number of hydrazine groups is 1. The van der Waals surface area contributed by atoms with Crippen LogP contribution >= 0.6 is 0 Å². The average Bonchev–Trinajstić information content (AvgIpc) is 2.81. The minimum Gasteiger partial charge on any atom is -0.381 e. The van der Waals surface area contributed by atoms with Crippen molar-refractivity contribution in [2.24, 2.45) is 11.8 Å². The van der Waals surface area contributed by atoms with Crippen LogP contribution in [0, 0.1) is 5.92 Å². The highest BCUT2D eigenvalue weighted by Gasteiger charge is 2.24. The Bertz CT molecular complexity index is 283. The first-order valence-corrected chi connectivity index (χ1v) is 5.48. The van der Waals surface area contributed by atoms with Crippen LogP contribution < -0.4 is 11.3 Å². The fourth-order valence-electron chi connectivity index (χ4n) is 2.10. The van der Waals surface area contributed by atoms with E-state index in [0.717, 1.165) is 26.1 Å². The Balaban J connectivity index is 1.96. The molecule has 82 valence electrons. The predicted octanol–water partition coefficient (Wildman–Crippen LogP) is 1.10. The van der Waals surface area contributed by atoms with E-state index in [1.807, 2.05) is 6.07 Å². The van der Waals surface area contributed by atoms with E-state index in [-0.39, 0.29) is 0 Å². The van der Waals surface area contributed by atoms with E-state index in [9.17, 15) is 0 Å². The molecule has 0 spiro atoms. The first-order chi connectivity index (χ1) is 7.40. The molecule has 1 aliphatic rings. The second kappa shape index (κ2) is 5.26. The molecule has 1 aromatic rings. The van der Waals surface area contributed by atoms with Gasteiger partial charge in [-0.15, -0.1) is 0 Å². The summed E-state index contributed by atoms with van der Waals surface area (Å²) in [7, 11) is 0. The van der Waals surface area contributed by atoms with Crippen molar-refractivity contribution in [2.45, 2.75) is 18.9 Å². The third-order valence-electron chi connectivity index (χ3n) is 3.05. The highest BCUT2D eigenvalue weighted by atomic mass is 16.5. The molecule has 2 rings (SSSR count). The average molecular weight is 206 g/mol. The van der Waals surface area contributed by atoms with Crippen LogP contribution in [0.25, 0.3) is 0 Å². The van der Waals surface area contributed by atoms with E-state index in [1.54, 1.807) is 0 Å². The van der Waals surface area contributed by atoms with Gasteiger partial charge in [0.25, 0.3) is 0 Å². The van der Waals surface area contributed by atoms with Crippen LogP contribution in [0.1, 0.15) is 12.0 Å². The van der Waals surface area contributed by atoms with E-state index in [0.29, 0.717) is 12.0 Å². The molecule has 1 aromatic carbocycles. The molecule has 0 radical (unpaired) electrons. The highest BCUT2D eigenvalue weighted by molar-refractivity contribution is 5.16. The zero-order valence-corrected chi connectivity index (χ0v) is 8.86. The minimum absolute atomic E-state index is 0.329. The Kier molecular flexibility index (Phi) is 3.72. The van der Waals surface area contributed by atoms with Gasteiger partial charge in [-0.1, -0.05) is 30.3 Å². The highest BCUT2D eigenvalue weighted by Crippen LogP contribution is 2.19. The van der Waals surface area contributed by atoms with Crippen molar-refractivity contribution in [2.75, 3.05) is 13.2 Å². The van der Waals surface area contributed by atoms with Crippen LogP contribution in [0.15, 0.2) is 30.3 Å². The molecule has 15 heavy (non-hydrogen) atoms. The summed E-state index contributed by atoms with van der Waals surface area (Å²) in [5.74, 6) is 6.15. The molecule has 3 nitrogen and oxygen atoms in total. The second-order valence-corrected chi connectivity index (χ2v) is 4.09. The van der Waals surface area contributed by atoms with Gasteiger partial charge >= 0.3 is 0 Å². The lowest BCUT2D eigenvalue weighted by Crippen LogP contribution is -2.42. The summed E-state index contributed by atoms with van der Waals surface area (Å²) in [5.41, 5.74) is 4.24. The van der Waals surface area contributed by atoms with Gasteiger partial charge in [-0.3, -0.25) is 11.3 Å². The van der Waals surface area contributed by atoms with E-state index >= 15 is 0 Å². The topological polar surface area (TPSA) is 47.3 Å². The van der Waals surface area contributed by atoms with Gasteiger partial charge in [0.15, 0.2) is 0 Å². The van der Waals surface area contributed by atoms with E-state index in [4.69, 9.17) is 10.6 Å². The van der Waals surface area contributed by atoms with Gasteiger partial charge in [0, 0.05) is 18.6 Å². The summed E-state index contributed by atoms with van der Waals surface area (Å²) in [4.78, 5) is 0. The molecule has 1 saturated heterocycles. The van der Waals surface area contributed by atoms with Crippen molar-refractivity contribution in [3.05, 3.63) is 35.9 Å². The molecule has 0 aliphatic carbocycles. The van der Waals surface area contributed by atoms with Gasteiger partial charge < -0.3 is 4.74 Å². The second-order valence-electron chi connectivity index (χ2n) is 4.09. The molecular weight excluding hydrogens is 188 g/mol. The van der Waals surface area contributed by atoms with Crippen LogP contribution in [-0.4, -0.2) is 19.3 Å². The van der Waals surface area contributed by atoms with Crippen molar-refractivity contribution in [1.29, 1.82) is 0 Å². The third-order valence-corrected chi connectivity index (χ3v) is 3.05. The molecule has 3 heteroatoms. The SMILES string of the molecule is NNC(Cc1ccccc1)C1CCOC1. The molecule has 0 amide bonds. The van der Waals surface area contributed by atoms with Gasteiger partial charge in [0.2, 0.25) is 0 Å². The first-order valence-electron chi connectivity index (χ1n) is 5.48. The molecule has 1 aliphatic heterocycles. The van der Waals surface area contributed by atoms with Crippen LogP contribution in [0.4, 0.5) is 0 Å². The summed E-state index contributed by atoms with van der Waals surface area (Å²) in [6.45, 7) is 1.71. The summed E-state index contributed by atoms with van der Waals surface area (Å²) in [6, 6.07) is 10.8. The number of rotatable bonds is 4. The molecular formula is C12H18N2O. The lowest BCUT2D eigenvalue weighted by atomic mass is 9.93. The maximum atomic E-state index is 5.59. The number of nitrogens with two attached hydrogens (primary N) is 1. The molecule has 0 aromatic heterocycles. The lowest BCUT2D eigenvalue weighted by Gasteiger charge is -2.21. The van der Waals surface area contributed by atoms with Crippen molar-refractivity contribution < 1.29 is 4.74 Å². The molecule has 1 heterocycles. The van der Waals surface area contributed by atoms with E-state index in [1.165, 1.54) is 5.56 Å². The molecule has 1 fully saturated rings. The minimum atomic E-state index is 0.329. The molecule has 2 unspecified atom stereocenters. The van der Waals surface area contributed by atoms with Crippen molar-refractivity contribution in [3.8, 4) is 0 Å². The normalized spacial score (nSPS) is 22.9. The fourth-order valence-corrected chi connectivity index (χ4v) is 2.10. The standard InChI is InChI=1S/C12H18N2O/c13-14-12(11-6-7-15-9-11)8-10-4-2-1-3-5-10/h1-5,11-12,14H,6-9,13H2. The summed E-state index contributed by atoms with van der Waals surface area (Å²) < 4.78 is 5.38. The predicted molar refractivity (Wildman–Crippen MR) is 60.2 cm³/mol. The first kappa shape index (κ1) is 10.6. The Hall–Kier alpha value is -0.900. The fraction of sp³-hybridized carbons (Fsp3) is 0.500. The Labute approximate surface area is 90.6 Å². The maximum absolute atomic E-state index is 5.59. The zero-order valence-electron chi connectivity index (χ0n) is 8.86. The zero-order chi connectivity index (χ0) is 10.5. The lowest BCUT2D eigenvalue weighted by molar-refractivity contribution is 0.176. The van der Waals surface area contributed by atoms with Crippen LogP contribution in [0.2, 0.25) is 0 Å². The molecule has 0 bridgehead atoms. The van der Waals surface area contributed by atoms with Crippen molar-refractivity contribution in [1.82, 2.24) is 5.43 Å². The number of hydrogen-bond acceptors (Lipinski definition) is 3. The van der Waals surface area contributed by atoms with Crippen molar-refractivity contribution >= 4 is 0 Å². The quantitative estimate of drug-likeness (QED) is 0.573. The van der Waals surface area contributed by atoms with Gasteiger partial charge in [-0.05, 0) is 18.4 Å². The number of nitrogens with one attached hydrogen (secondary N) is 1. The summed E-state index contributed by atoms with van der Waals surface area (Å²) in [6.07, 6.45) is 2.09. The van der Waals surface area contributed by atoms with Gasteiger partial charge in [0.05, 0.1) is 6.61 Å². The molecule has 2 atom stereocenters. The van der Waals surface area contributed by atoms with Gasteiger partial charge in [-0.2, -0.15) is 0 Å². The van der Waals surface area contributed by atoms with E-state index < -0.39 is 0 Å². The Morgan fingerprint density at radius 2 is 2.20 bits per heavy atom. The summed E-state index contributed by atoms with van der Waals surface area (Å²) in [5, 5.41) is 0. The van der Waals surface area contributed by atoms with Gasteiger partial charge in [0.1, 0.15) is 0 Å². The maximum Gasteiger partial charge on any atom is 0.0510 e. The molecule has 0 saturated carbocycles. The Morgan fingerprint density at radius 3 is 2.80 bits per heavy atom. The number of benzene rings is 1.